The van der Waals surface area contributed by atoms with Gasteiger partial charge in [0.1, 0.15) is 0 Å². The molecule has 3 N–H and O–H groups in total. The molecular formula is C12H24N2O3. The number of carbonyl (C=O) groups is 2. The summed E-state index contributed by atoms with van der Waals surface area (Å²) in [6, 6.07) is 0. The third-order valence-electron chi connectivity index (χ3n) is 2.52. The zero-order valence-electron chi connectivity index (χ0n) is 10.8. The fourth-order valence-electron chi connectivity index (χ4n) is 1.41. The Kier molecular flexibility index (Phi) is 9.43. The SMILES string of the molecule is CCCNCC(=O)NCCC(C)CCC(=O)O. The molecule has 0 aliphatic heterocycles. The molecule has 1 unspecified atom stereocenters. The Morgan fingerprint density at radius 3 is 2.53 bits per heavy atom. The summed E-state index contributed by atoms with van der Waals surface area (Å²) in [6.07, 6.45) is 2.71. The number of amides is 1. The number of carbonyl (C=O) groups excluding carboxylic acids is 1. The van der Waals surface area contributed by atoms with Gasteiger partial charge in [-0.3, -0.25) is 9.59 Å². The maximum atomic E-state index is 11.3. The van der Waals surface area contributed by atoms with Crippen LogP contribution < -0.4 is 10.6 Å². The molecule has 1 amide bonds. The molecule has 0 aliphatic rings. The smallest absolute Gasteiger partial charge is 0.303 e. The van der Waals surface area contributed by atoms with E-state index in [0.717, 1.165) is 19.4 Å². The second-order valence-corrected chi connectivity index (χ2v) is 4.35. The van der Waals surface area contributed by atoms with Crippen LogP contribution in [0, 0.1) is 5.92 Å². The van der Waals surface area contributed by atoms with Crippen LogP contribution in [-0.4, -0.2) is 36.6 Å². The summed E-state index contributed by atoms with van der Waals surface area (Å²) in [5.74, 6) is -0.427. The number of carboxylic acid groups (broad SMARTS) is 1. The van der Waals surface area contributed by atoms with Crippen molar-refractivity contribution in [2.24, 2.45) is 5.92 Å². The minimum Gasteiger partial charge on any atom is -0.481 e. The molecule has 0 aromatic rings. The van der Waals surface area contributed by atoms with Crippen LogP contribution in [0.2, 0.25) is 0 Å². The third kappa shape index (κ3) is 11.2. The van der Waals surface area contributed by atoms with Gasteiger partial charge in [0.25, 0.3) is 0 Å². The van der Waals surface area contributed by atoms with Gasteiger partial charge in [0.05, 0.1) is 6.54 Å². The summed E-state index contributed by atoms with van der Waals surface area (Å²) in [4.78, 5) is 21.7. The van der Waals surface area contributed by atoms with Crippen molar-refractivity contribution in [1.29, 1.82) is 0 Å². The summed E-state index contributed by atoms with van der Waals surface area (Å²) < 4.78 is 0. The van der Waals surface area contributed by atoms with E-state index in [9.17, 15) is 9.59 Å². The predicted octanol–water partition coefficient (Wildman–Crippen LogP) is 0.993. The van der Waals surface area contributed by atoms with Crippen LogP contribution in [0.1, 0.15) is 39.5 Å². The molecule has 17 heavy (non-hydrogen) atoms. The molecule has 0 radical (unpaired) electrons. The van der Waals surface area contributed by atoms with Gasteiger partial charge in [-0.2, -0.15) is 0 Å². The first-order chi connectivity index (χ1) is 8.06. The molecule has 0 heterocycles. The van der Waals surface area contributed by atoms with Crippen molar-refractivity contribution >= 4 is 11.9 Å². The quantitative estimate of drug-likeness (QED) is 0.501. The highest BCUT2D eigenvalue weighted by atomic mass is 16.4. The molecule has 1 atom stereocenters. The fraction of sp³-hybridized carbons (Fsp3) is 0.833. The molecule has 0 fully saturated rings. The molecular weight excluding hydrogens is 220 g/mol. The van der Waals surface area contributed by atoms with Crippen LogP contribution >= 0.6 is 0 Å². The van der Waals surface area contributed by atoms with E-state index in [1.807, 2.05) is 6.92 Å². The fourth-order valence-corrected chi connectivity index (χ4v) is 1.41. The Balaban J connectivity index is 3.42. The average molecular weight is 244 g/mol. The average Bonchev–Trinajstić information content (AvgIpc) is 2.27. The van der Waals surface area contributed by atoms with Crippen LogP contribution in [0.15, 0.2) is 0 Å². The maximum Gasteiger partial charge on any atom is 0.303 e. The van der Waals surface area contributed by atoms with Gasteiger partial charge >= 0.3 is 5.97 Å². The van der Waals surface area contributed by atoms with Crippen LogP contribution in [0.3, 0.4) is 0 Å². The van der Waals surface area contributed by atoms with E-state index < -0.39 is 5.97 Å². The lowest BCUT2D eigenvalue weighted by molar-refractivity contribution is -0.137. The third-order valence-corrected chi connectivity index (χ3v) is 2.52. The molecule has 0 spiro atoms. The van der Waals surface area contributed by atoms with Gasteiger partial charge in [-0.1, -0.05) is 13.8 Å². The summed E-state index contributed by atoms with van der Waals surface area (Å²) in [7, 11) is 0. The summed E-state index contributed by atoms with van der Waals surface area (Å²) in [5, 5.41) is 14.4. The molecule has 0 aromatic heterocycles. The van der Waals surface area contributed by atoms with Gasteiger partial charge in [-0.05, 0) is 31.7 Å². The number of nitrogens with one attached hydrogen (secondary N) is 2. The van der Waals surface area contributed by atoms with Crippen molar-refractivity contribution in [2.45, 2.75) is 39.5 Å². The lowest BCUT2D eigenvalue weighted by Crippen LogP contribution is -2.35. The summed E-state index contributed by atoms with van der Waals surface area (Å²) in [6.45, 7) is 5.88. The Morgan fingerprint density at radius 1 is 1.24 bits per heavy atom. The van der Waals surface area contributed by atoms with Gasteiger partial charge in [0.15, 0.2) is 0 Å². The number of aliphatic carboxylic acids is 1. The van der Waals surface area contributed by atoms with Crippen molar-refractivity contribution in [1.82, 2.24) is 10.6 Å². The monoisotopic (exact) mass is 244 g/mol. The van der Waals surface area contributed by atoms with Gasteiger partial charge < -0.3 is 15.7 Å². The van der Waals surface area contributed by atoms with Crippen molar-refractivity contribution in [3.8, 4) is 0 Å². The number of hydrogen-bond donors (Lipinski definition) is 3. The number of carboxylic acids is 1. The molecule has 0 bridgehead atoms. The zero-order chi connectivity index (χ0) is 13.1. The predicted molar refractivity (Wildman–Crippen MR) is 66.8 cm³/mol. The van der Waals surface area contributed by atoms with Crippen LogP contribution in [0.4, 0.5) is 0 Å². The van der Waals surface area contributed by atoms with Gasteiger partial charge in [-0.25, -0.2) is 0 Å². The maximum absolute atomic E-state index is 11.3. The van der Waals surface area contributed by atoms with Crippen LogP contribution in [0.25, 0.3) is 0 Å². The van der Waals surface area contributed by atoms with E-state index in [1.165, 1.54) is 0 Å². The van der Waals surface area contributed by atoms with E-state index >= 15 is 0 Å². The zero-order valence-corrected chi connectivity index (χ0v) is 10.8. The van der Waals surface area contributed by atoms with E-state index in [4.69, 9.17) is 5.11 Å². The Hall–Kier alpha value is -1.10. The van der Waals surface area contributed by atoms with E-state index in [0.29, 0.717) is 25.4 Å². The topological polar surface area (TPSA) is 78.4 Å². The first-order valence-corrected chi connectivity index (χ1v) is 6.25. The first-order valence-electron chi connectivity index (χ1n) is 6.25. The normalized spacial score (nSPS) is 12.1. The first kappa shape index (κ1) is 15.9. The van der Waals surface area contributed by atoms with Gasteiger partial charge in [-0.15, -0.1) is 0 Å². The van der Waals surface area contributed by atoms with E-state index in [2.05, 4.69) is 17.6 Å². The van der Waals surface area contributed by atoms with Crippen molar-refractivity contribution in [3.63, 3.8) is 0 Å². The number of hydrogen-bond acceptors (Lipinski definition) is 3. The van der Waals surface area contributed by atoms with Gasteiger partial charge in [0, 0.05) is 13.0 Å². The molecule has 5 nitrogen and oxygen atoms in total. The van der Waals surface area contributed by atoms with E-state index in [1.54, 1.807) is 0 Å². The Bertz CT molecular complexity index is 232. The van der Waals surface area contributed by atoms with Crippen LogP contribution in [0.5, 0.6) is 0 Å². The molecule has 0 saturated heterocycles. The standard InChI is InChI=1S/C12H24N2O3/c1-3-7-13-9-11(15)14-8-6-10(2)4-5-12(16)17/h10,13H,3-9H2,1-2H3,(H,14,15)(H,16,17). The second-order valence-electron chi connectivity index (χ2n) is 4.35. The summed E-state index contributed by atoms with van der Waals surface area (Å²) in [5.41, 5.74) is 0. The van der Waals surface area contributed by atoms with Crippen molar-refractivity contribution in [3.05, 3.63) is 0 Å². The Labute approximate surface area is 103 Å². The molecule has 0 saturated carbocycles. The number of rotatable bonds is 10. The minimum atomic E-state index is -0.760. The van der Waals surface area contributed by atoms with Crippen LogP contribution in [-0.2, 0) is 9.59 Å². The highest BCUT2D eigenvalue weighted by molar-refractivity contribution is 5.77. The van der Waals surface area contributed by atoms with E-state index in [-0.39, 0.29) is 12.3 Å². The molecule has 5 heteroatoms. The van der Waals surface area contributed by atoms with Crippen molar-refractivity contribution in [2.75, 3.05) is 19.6 Å². The lowest BCUT2D eigenvalue weighted by Gasteiger charge is -2.11. The lowest BCUT2D eigenvalue weighted by atomic mass is 10.0. The molecule has 0 aromatic carbocycles. The highest BCUT2D eigenvalue weighted by Crippen LogP contribution is 2.08. The second kappa shape index (κ2) is 10.1. The molecule has 0 aliphatic carbocycles. The molecule has 0 rings (SSSR count). The Morgan fingerprint density at radius 2 is 1.94 bits per heavy atom. The molecule has 100 valence electrons. The largest absolute Gasteiger partial charge is 0.481 e. The van der Waals surface area contributed by atoms with Gasteiger partial charge in [0.2, 0.25) is 5.91 Å². The summed E-state index contributed by atoms with van der Waals surface area (Å²) >= 11 is 0. The minimum absolute atomic E-state index is 0.00360. The highest BCUT2D eigenvalue weighted by Gasteiger charge is 2.06. The van der Waals surface area contributed by atoms with Crippen molar-refractivity contribution < 1.29 is 14.7 Å².